The zero-order valence-electron chi connectivity index (χ0n) is 17.5. The van der Waals surface area contributed by atoms with Gasteiger partial charge in [0.05, 0.1) is 7.11 Å². The lowest BCUT2D eigenvalue weighted by Gasteiger charge is -2.25. The number of aryl methyl sites for hydroxylation is 2. The van der Waals surface area contributed by atoms with Crippen LogP contribution >= 0.6 is 0 Å². The van der Waals surface area contributed by atoms with E-state index in [1.54, 1.807) is 0 Å². The molecule has 31 heavy (non-hydrogen) atoms. The molecule has 1 aliphatic heterocycles. The molecule has 1 atom stereocenters. The van der Waals surface area contributed by atoms with Gasteiger partial charge in [0.15, 0.2) is 5.82 Å². The molecule has 0 spiro atoms. The second kappa shape index (κ2) is 7.90. The van der Waals surface area contributed by atoms with E-state index in [0.29, 0.717) is 24.1 Å². The lowest BCUT2D eigenvalue weighted by Crippen LogP contribution is -2.34. The summed E-state index contributed by atoms with van der Waals surface area (Å²) in [4.78, 5) is 20.9. The van der Waals surface area contributed by atoms with Crippen LogP contribution in [0, 0.1) is 6.92 Å². The number of fused-ring (bicyclic) bond motifs is 1. The minimum absolute atomic E-state index is 0.234. The summed E-state index contributed by atoms with van der Waals surface area (Å²) in [5.41, 5.74) is 5.00. The van der Waals surface area contributed by atoms with Gasteiger partial charge in [-0.25, -0.2) is 9.78 Å². The molecule has 2 aliphatic rings. The minimum Gasteiger partial charge on any atom is -0.467 e. The molecule has 0 saturated heterocycles. The summed E-state index contributed by atoms with van der Waals surface area (Å²) in [5.74, 6) is 2.34. The number of carbonyl (C=O) groups is 1. The third-order valence-corrected chi connectivity index (χ3v) is 5.60. The third kappa shape index (κ3) is 4.30. The zero-order chi connectivity index (χ0) is 21.4. The van der Waals surface area contributed by atoms with Crippen LogP contribution in [0.25, 0.3) is 0 Å². The predicted octanol–water partition coefficient (Wildman–Crippen LogP) is 3.77. The lowest BCUT2D eigenvalue weighted by molar-refractivity contribution is -0.141. The first kappa shape index (κ1) is 19.3. The van der Waals surface area contributed by atoms with Crippen LogP contribution < -0.4 is 16.0 Å². The van der Waals surface area contributed by atoms with Crippen molar-refractivity contribution in [2.24, 2.45) is 0 Å². The van der Waals surface area contributed by atoms with Gasteiger partial charge in [0.2, 0.25) is 5.95 Å². The molecule has 1 unspecified atom stereocenters. The van der Waals surface area contributed by atoms with Crippen LogP contribution in [-0.2, 0) is 16.0 Å². The van der Waals surface area contributed by atoms with Crippen LogP contribution in [0.3, 0.4) is 0 Å². The standard InChI is InChI=1S/C22H25N7O2/c1-12-9-19(26-20-11-18(28-29-20)13-3-4-13)27-22(23-12)24-15-6-8-16-14(10-15)5-7-17(25-16)21(30)31-2/h6,8-11,13,17,25H,3-5,7H2,1-2H3,(H3,23,24,26,27,28,29). The molecule has 1 saturated carbocycles. The van der Waals surface area contributed by atoms with Gasteiger partial charge in [-0.2, -0.15) is 10.1 Å². The van der Waals surface area contributed by atoms with E-state index in [-0.39, 0.29) is 12.0 Å². The molecule has 4 N–H and O–H groups in total. The Hall–Kier alpha value is -3.62. The molecule has 1 aromatic carbocycles. The largest absolute Gasteiger partial charge is 0.467 e. The molecule has 9 nitrogen and oxygen atoms in total. The molecule has 160 valence electrons. The predicted molar refractivity (Wildman–Crippen MR) is 118 cm³/mol. The molecule has 2 aromatic heterocycles. The van der Waals surface area contributed by atoms with Gasteiger partial charge in [-0.05, 0) is 56.4 Å². The van der Waals surface area contributed by atoms with Crippen molar-refractivity contribution in [3.8, 4) is 0 Å². The Morgan fingerprint density at radius 2 is 1.97 bits per heavy atom. The summed E-state index contributed by atoms with van der Waals surface area (Å²) in [5, 5.41) is 17.2. The minimum atomic E-state index is -0.299. The molecular formula is C22H25N7O2. The SMILES string of the molecule is COC(=O)C1CCc2cc(Nc3nc(C)cc(Nc4cc(C5CC5)[nH]n4)n3)ccc2N1. The maximum atomic E-state index is 11.8. The van der Waals surface area contributed by atoms with Crippen LogP contribution in [0.2, 0.25) is 0 Å². The van der Waals surface area contributed by atoms with Gasteiger partial charge in [-0.1, -0.05) is 0 Å². The molecule has 1 fully saturated rings. The summed E-state index contributed by atoms with van der Waals surface area (Å²) in [6.07, 6.45) is 3.94. The van der Waals surface area contributed by atoms with E-state index >= 15 is 0 Å². The van der Waals surface area contributed by atoms with Crippen LogP contribution in [0.15, 0.2) is 30.3 Å². The van der Waals surface area contributed by atoms with Crippen molar-refractivity contribution < 1.29 is 9.53 Å². The summed E-state index contributed by atoms with van der Waals surface area (Å²) in [6.45, 7) is 1.93. The maximum Gasteiger partial charge on any atom is 0.328 e. The van der Waals surface area contributed by atoms with Crippen molar-refractivity contribution >= 4 is 34.9 Å². The van der Waals surface area contributed by atoms with Crippen molar-refractivity contribution in [1.82, 2.24) is 20.2 Å². The van der Waals surface area contributed by atoms with Crippen molar-refractivity contribution in [3.63, 3.8) is 0 Å². The number of anilines is 5. The number of nitrogens with zero attached hydrogens (tertiary/aromatic N) is 3. The van der Waals surface area contributed by atoms with Gasteiger partial charge in [-0.3, -0.25) is 5.10 Å². The fraction of sp³-hybridized carbons (Fsp3) is 0.364. The van der Waals surface area contributed by atoms with Gasteiger partial charge < -0.3 is 20.7 Å². The quantitative estimate of drug-likeness (QED) is 0.446. The summed E-state index contributed by atoms with van der Waals surface area (Å²) in [6, 6.07) is 9.60. The monoisotopic (exact) mass is 419 g/mol. The number of carbonyl (C=O) groups excluding carboxylic acids is 1. The fourth-order valence-corrected chi connectivity index (χ4v) is 3.85. The second-order valence-corrected chi connectivity index (χ2v) is 8.08. The first-order chi connectivity index (χ1) is 15.1. The smallest absolute Gasteiger partial charge is 0.328 e. The van der Waals surface area contributed by atoms with Gasteiger partial charge in [0.25, 0.3) is 0 Å². The fourth-order valence-electron chi connectivity index (χ4n) is 3.85. The van der Waals surface area contributed by atoms with E-state index in [0.717, 1.165) is 34.9 Å². The van der Waals surface area contributed by atoms with E-state index in [1.807, 2.05) is 31.2 Å². The highest BCUT2D eigenvalue weighted by Gasteiger charge is 2.26. The van der Waals surface area contributed by atoms with Crippen molar-refractivity contribution in [1.29, 1.82) is 0 Å². The molecule has 0 amide bonds. The summed E-state index contributed by atoms with van der Waals surface area (Å²) in [7, 11) is 1.41. The van der Waals surface area contributed by atoms with Crippen LogP contribution in [0.5, 0.6) is 0 Å². The van der Waals surface area contributed by atoms with E-state index in [2.05, 4.69) is 42.2 Å². The number of esters is 1. The number of hydrogen-bond acceptors (Lipinski definition) is 8. The Labute approximate surface area is 180 Å². The Morgan fingerprint density at radius 3 is 2.77 bits per heavy atom. The zero-order valence-corrected chi connectivity index (χ0v) is 17.5. The number of nitrogens with one attached hydrogen (secondary N) is 4. The van der Waals surface area contributed by atoms with E-state index < -0.39 is 0 Å². The van der Waals surface area contributed by atoms with E-state index in [1.165, 1.54) is 25.6 Å². The lowest BCUT2D eigenvalue weighted by atomic mass is 9.97. The van der Waals surface area contributed by atoms with Gasteiger partial charge in [0.1, 0.15) is 11.9 Å². The first-order valence-electron chi connectivity index (χ1n) is 10.5. The maximum absolute atomic E-state index is 11.8. The number of methoxy groups -OCH3 is 1. The van der Waals surface area contributed by atoms with Crippen LogP contribution in [0.1, 0.15) is 42.1 Å². The van der Waals surface area contributed by atoms with Crippen molar-refractivity contribution in [2.75, 3.05) is 23.1 Å². The number of hydrogen-bond donors (Lipinski definition) is 4. The molecule has 3 heterocycles. The Morgan fingerprint density at radius 1 is 1.10 bits per heavy atom. The summed E-state index contributed by atoms with van der Waals surface area (Å²) < 4.78 is 4.85. The molecule has 3 aromatic rings. The van der Waals surface area contributed by atoms with Gasteiger partial charge in [-0.15, -0.1) is 0 Å². The molecule has 0 bridgehead atoms. The molecule has 5 rings (SSSR count). The highest BCUT2D eigenvalue weighted by atomic mass is 16.5. The van der Waals surface area contributed by atoms with Gasteiger partial charge >= 0.3 is 5.97 Å². The number of benzene rings is 1. The van der Waals surface area contributed by atoms with Gasteiger partial charge in [0, 0.05) is 40.8 Å². The first-order valence-corrected chi connectivity index (χ1v) is 10.5. The molecular weight excluding hydrogens is 394 g/mol. The number of aromatic nitrogens is 4. The topological polar surface area (TPSA) is 117 Å². The average molecular weight is 419 g/mol. The molecule has 1 aliphatic carbocycles. The highest BCUT2D eigenvalue weighted by molar-refractivity contribution is 5.81. The van der Waals surface area contributed by atoms with Crippen LogP contribution in [0.4, 0.5) is 29.0 Å². The van der Waals surface area contributed by atoms with Crippen LogP contribution in [-0.4, -0.2) is 39.3 Å². The normalized spacial score (nSPS) is 17.4. The highest BCUT2D eigenvalue weighted by Crippen LogP contribution is 2.39. The average Bonchev–Trinajstić information content (AvgIpc) is 3.51. The molecule has 9 heteroatoms. The van der Waals surface area contributed by atoms with Crippen molar-refractivity contribution in [3.05, 3.63) is 47.3 Å². The number of H-pyrrole nitrogens is 1. The third-order valence-electron chi connectivity index (χ3n) is 5.60. The number of rotatable bonds is 6. The van der Waals surface area contributed by atoms with E-state index in [4.69, 9.17) is 4.74 Å². The second-order valence-electron chi connectivity index (χ2n) is 8.08. The number of aromatic amines is 1. The Kier molecular flexibility index (Phi) is 4.93. The van der Waals surface area contributed by atoms with Crippen molar-refractivity contribution in [2.45, 2.75) is 44.6 Å². The van der Waals surface area contributed by atoms with E-state index in [9.17, 15) is 4.79 Å². The Bertz CT molecular complexity index is 1120. The molecule has 0 radical (unpaired) electrons. The number of ether oxygens (including phenoxy) is 1. The summed E-state index contributed by atoms with van der Waals surface area (Å²) >= 11 is 0. The Balaban J connectivity index is 1.30.